The van der Waals surface area contributed by atoms with E-state index in [1.807, 2.05) is 18.7 Å². The summed E-state index contributed by atoms with van der Waals surface area (Å²) >= 11 is 7.99. The van der Waals surface area contributed by atoms with Crippen molar-refractivity contribution in [1.29, 1.82) is 0 Å². The standard InChI is InChI=1S/C13H19ClN2S/c1-4-8(2)7-17-13-9(3)11(14)15-12(16-13)10-5-6-10/h8,10H,4-7H2,1-3H3. The van der Waals surface area contributed by atoms with Crippen LogP contribution in [0.4, 0.5) is 0 Å². The van der Waals surface area contributed by atoms with Gasteiger partial charge in [0.15, 0.2) is 0 Å². The van der Waals surface area contributed by atoms with E-state index in [9.17, 15) is 0 Å². The van der Waals surface area contributed by atoms with Gasteiger partial charge in [0.05, 0.1) is 0 Å². The first-order chi connectivity index (χ1) is 8.11. The van der Waals surface area contributed by atoms with Crippen LogP contribution in [0, 0.1) is 12.8 Å². The molecule has 0 bridgehead atoms. The van der Waals surface area contributed by atoms with E-state index in [1.165, 1.54) is 19.3 Å². The number of hydrogen-bond acceptors (Lipinski definition) is 3. The maximum atomic E-state index is 6.18. The van der Waals surface area contributed by atoms with E-state index in [2.05, 4.69) is 23.8 Å². The molecule has 17 heavy (non-hydrogen) atoms. The van der Waals surface area contributed by atoms with Gasteiger partial charge in [-0.15, -0.1) is 11.8 Å². The average molecular weight is 271 g/mol. The van der Waals surface area contributed by atoms with Gasteiger partial charge in [-0.1, -0.05) is 31.9 Å². The van der Waals surface area contributed by atoms with Crippen LogP contribution >= 0.6 is 23.4 Å². The zero-order chi connectivity index (χ0) is 12.4. The number of hydrogen-bond donors (Lipinski definition) is 0. The van der Waals surface area contributed by atoms with E-state index in [4.69, 9.17) is 11.6 Å². The van der Waals surface area contributed by atoms with E-state index in [-0.39, 0.29) is 0 Å². The summed E-state index contributed by atoms with van der Waals surface area (Å²) in [6.45, 7) is 6.51. The highest BCUT2D eigenvalue weighted by atomic mass is 35.5. The summed E-state index contributed by atoms with van der Waals surface area (Å²) < 4.78 is 0. The second-order valence-electron chi connectivity index (χ2n) is 4.90. The van der Waals surface area contributed by atoms with E-state index < -0.39 is 0 Å². The van der Waals surface area contributed by atoms with Gasteiger partial charge < -0.3 is 0 Å². The largest absolute Gasteiger partial charge is 0.226 e. The molecule has 94 valence electrons. The molecule has 1 aliphatic carbocycles. The number of aromatic nitrogens is 2. The molecular weight excluding hydrogens is 252 g/mol. The van der Waals surface area contributed by atoms with Crippen molar-refractivity contribution < 1.29 is 0 Å². The topological polar surface area (TPSA) is 25.8 Å². The highest BCUT2D eigenvalue weighted by Crippen LogP contribution is 2.40. The van der Waals surface area contributed by atoms with Crippen LogP contribution in [0.2, 0.25) is 5.15 Å². The molecule has 1 aromatic heterocycles. The molecule has 1 heterocycles. The van der Waals surface area contributed by atoms with Crippen molar-refractivity contribution >= 4 is 23.4 Å². The fourth-order valence-electron chi connectivity index (χ4n) is 1.49. The maximum Gasteiger partial charge on any atom is 0.136 e. The first-order valence-corrected chi connectivity index (χ1v) is 7.65. The number of halogens is 1. The van der Waals surface area contributed by atoms with Crippen LogP contribution < -0.4 is 0 Å². The van der Waals surface area contributed by atoms with Gasteiger partial charge in [0.2, 0.25) is 0 Å². The van der Waals surface area contributed by atoms with Gasteiger partial charge in [-0.05, 0) is 25.7 Å². The molecule has 1 atom stereocenters. The summed E-state index contributed by atoms with van der Waals surface area (Å²) in [7, 11) is 0. The fourth-order valence-corrected chi connectivity index (χ4v) is 2.87. The van der Waals surface area contributed by atoms with Crippen LogP contribution in [0.1, 0.15) is 50.4 Å². The van der Waals surface area contributed by atoms with Crippen molar-refractivity contribution in [3.05, 3.63) is 16.5 Å². The van der Waals surface area contributed by atoms with Crippen LogP contribution in [-0.2, 0) is 0 Å². The summed E-state index contributed by atoms with van der Waals surface area (Å²) in [5.41, 5.74) is 1.03. The Morgan fingerprint density at radius 1 is 1.41 bits per heavy atom. The zero-order valence-corrected chi connectivity index (χ0v) is 12.2. The Morgan fingerprint density at radius 2 is 2.12 bits per heavy atom. The molecule has 2 rings (SSSR count). The van der Waals surface area contributed by atoms with Gasteiger partial charge in [0.1, 0.15) is 16.0 Å². The summed E-state index contributed by atoms with van der Waals surface area (Å²) in [6, 6.07) is 0. The third kappa shape index (κ3) is 3.35. The van der Waals surface area contributed by atoms with Crippen molar-refractivity contribution in [2.24, 2.45) is 5.92 Å². The predicted octanol–water partition coefficient (Wildman–Crippen LogP) is 4.45. The van der Waals surface area contributed by atoms with Crippen LogP contribution in [0.5, 0.6) is 0 Å². The molecule has 4 heteroatoms. The normalized spacial score (nSPS) is 17.2. The first kappa shape index (κ1) is 13.2. The lowest BCUT2D eigenvalue weighted by atomic mass is 10.2. The van der Waals surface area contributed by atoms with Crippen molar-refractivity contribution in [2.75, 3.05) is 5.75 Å². The maximum absolute atomic E-state index is 6.18. The molecule has 0 radical (unpaired) electrons. The Kier molecular flexibility index (Phi) is 4.31. The van der Waals surface area contributed by atoms with Crippen molar-refractivity contribution in [3.8, 4) is 0 Å². The quantitative estimate of drug-likeness (QED) is 0.584. The van der Waals surface area contributed by atoms with E-state index in [0.717, 1.165) is 28.1 Å². The summed E-state index contributed by atoms with van der Waals surface area (Å²) in [4.78, 5) is 9.05. The molecule has 1 unspecified atom stereocenters. The fraction of sp³-hybridized carbons (Fsp3) is 0.692. The molecule has 0 N–H and O–H groups in total. The summed E-state index contributed by atoms with van der Waals surface area (Å²) in [5.74, 6) is 3.34. The second-order valence-corrected chi connectivity index (χ2v) is 6.27. The smallest absolute Gasteiger partial charge is 0.136 e. The number of nitrogens with zero attached hydrogens (tertiary/aromatic N) is 2. The molecule has 0 spiro atoms. The molecular formula is C13H19ClN2S. The lowest BCUT2D eigenvalue weighted by Crippen LogP contribution is -2.01. The van der Waals surface area contributed by atoms with Gasteiger partial charge in [-0.3, -0.25) is 0 Å². The monoisotopic (exact) mass is 270 g/mol. The minimum absolute atomic E-state index is 0.566. The zero-order valence-electron chi connectivity index (χ0n) is 10.7. The van der Waals surface area contributed by atoms with Gasteiger partial charge >= 0.3 is 0 Å². The minimum Gasteiger partial charge on any atom is -0.226 e. The van der Waals surface area contributed by atoms with Crippen molar-refractivity contribution in [3.63, 3.8) is 0 Å². The molecule has 1 aliphatic rings. The summed E-state index contributed by atoms with van der Waals surface area (Å²) in [5, 5.41) is 1.71. The van der Waals surface area contributed by atoms with Crippen LogP contribution in [-0.4, -0.2) is 15.7 Å². The number of rotatable bonds is 5. The molecule has 0 saturated heterocycles. The average Bonchev–Trinajstić information content (AvgIpc) is 3.14. The second kappa shape index (κ2) is 5.57. The van der Waals surface area contributed by atoms with Crippen molar-refractivity contribution in [2.45, 2.75) is 51.0 Å². The van der Waals surface area contributed by atoms with Crippen molar-refractivity contribution in [1.82, 2.24) is 9.97 Å². The highest BCUT2D eigenvalue weighted by Gasteiger charge is 2.28. The molecule has 0 amide bonds. The van der Waals surface area contributed by atoms with Crippen LogP contribution in [0.3, 0.4) is 0 Å². The van der Waals surface area contributed by atoms with Crippen LogP contribution in [0.15, 0.2) is 5.03 Å². The predicted molar refractivity (Wildman–Crippen MR) is 73.9 cm³/mol. The Bertz CT molecular complexity index is 405. The van der Waals surface area contributed by atoms with E-state index in [1.54, 1.807) is 0 Å². The van der Waals surface area contributed by atoms with E-state index in [0.29, 0.717) is 11.1 Å². The minimum atomic E-state index is 0.566. The number of thioether (sulfide) groups is 1. The molecule has 1 saturated carbocycles. The Hall–Kier alpha value is -0.280. The molecule has 0 aliphatic heterocycles. The summed E-state index contributed by atoms with van der Waals surface area (Å²) in [6.07, 6.45) is 3.64. The van der Waals surface area contributed by atoms with Gasteiger partial charge in [0, 0.05) is 17.2 Å². The molecule has 2 nitrogen and oxygen atoms in total. The van der Waals surface area contributed by atoms with Gasteiger partial charge in [-0.25, -0.2) is 9.97 Å². The third-order valence-corrected chi connectivity index (χ3v) is 4.98. The Balaban J connectivity index is 2.13. The molecule has 0 aromatic carbocycles. The lowest BCUT2D eigenvalue weighted by molar-refractivity contribution is 0.636. The Labute approximate surface area is 113 Å². The SMILES string of the molecule is CCC(C)CSc1nc(C2CC2)nc(Cl)c1C. The van der Waals surface area contributed by atoms with E-state index >= 15 is 0 Å². The molecule has 1 fully saturated rings. The van der Waals surface area contributed by atoms with Crippen LogP contribution in [0.25, 0.3) is 0 Å². The Morgan fingerprint density at radius 3 is 2.71 bits per heavy atom. The van der Waals surface area contributed by atoms with Gasteiger partial charge in [0.25, 0.3) is 0 Å². The molecule has 1 aromatic rings. The van der Waals surface area contributed by atoms with Gasteiger partial charge in [-0.2, -0.15) is 0 Å². The highest BCUT2D eigenvalue weighted by molar-refractivity contribution is 7.99. The first-order valence-electron chi connectivity index (χ1n) is 6.28. The lowest BCUT2D eigenvalue weighted by Gasteiger charge is -2.11. The third-order valence-electron chi connectivity index (χ3n) is 3.20.